The molecule has 0 saturated carbocycles. The van der Waals surface area contributed by atoms with Crippen LogP contribution in [0.4, 0.5) is 0 Å². The Kier molecular flexibility index (Phi) is 4.47. The third-order valence-electron chi connectivity index (χ3n) is 2.52. The number of nitrogens with zero attached hydrogens (tertiary/aromatic N) is 1. The van der Waals surface area contributed by atoms with Gasteiger partial charge in [0.2, 0.25) is 0 Å². The van der Waals surface area contributed by atoms with E-state index >= 15 is 0 Å². The Morgan fingerprint density at radius 3 is 2.50 bits per heavy atom. The van der Waals surface area contributed by atoms with E-state index in [1.165, 1.54) is 5.56 Å². The third kappa shape index (κ3) is 3.38. The van der Waals surface area contributed by atoms with E-state index in [0.717, 1.165) is 26.1 Å². The van der Waals surface area contributed by atoms with Gasteiger partial charge in [-0.3, -0.25) is 0 Å². The highest BCUT2D eigenvalue weighted by Gasteiger charge is 2.00. The van der Waals surface area contributed by atoms with E-state index in [1.54, 1.807) is 6.07 Å². The van der Waals surface area contributed by atoms with Crippen LogP contribution in [0, 0.1) is 0 Å². The standard InChI is InChI=1S/C12H19NO/c1-3-13(4-2)9-8-11-6-5-7-12(14)10-11/h5-7,10,14H,3-4,8-9H2,1-2H3. The topological polar surface area (TPSA) is 23.5 Å². The van der Waals surface area contributed by atoms with Crippen LogP contribution in [0.5, 0.6) is 5.75 Å². The fraction of sp³-hybridized carbons (Fsp3) is 0.500. The Bertz CT molecular complexity index is 269. The molecule has 14 heavy (non-hydrogen) atoms. The van der Waals surface area contributed by atoms with Gasteiger partial charge in [-0.05, 0) is 37.2 Å². The lowest BCUT2D eigenvalue weighted by molar-refractivity contribution is 0.308. The molecule has 0 radical (unpaired) electrons. The summed E-state index contributed by atoms with van der Waals surface area (Å²) in [6, 6.07) is 7.50. The van der Waals surface area contributed by atoms with Gasteiger partial charge >= 0.3 is 0 Å². The van der Waals surface area contributed by atoms with Gasteiger partial charge in [0.1, 0.15) is 5.75 Å². The minimum atomic E-state index is 0.363. The van der Waals surface area contributed by atoms with Crippen molar-refractivity contribution in [2.75, 3.05) is 19.6 Å². The maximum absolute atomic E-state index is 9.28. The second-order valence-electron chi connectivity index (χ2n) is 3.45. The number of hydrogen-bond acceptors (Lipinski definition) is 2. The van der Waals surface area contributed by atoms with Crippen molar-refractivity contribution >= 4 is 0 Å². The lowest BCUT2D eigenvalue weighted by Gasteiger charge is -2.17. The molecule has 0 spiro atoms. The monoisotopic (exact) mass is 193 g/mol. The molecular weight excluding hydrogens is 174 g/mol. The van der Waals surface area contributed by atoms with Crippen LogP contribution < -0.4 is 0 Å². The average molecular weight is 193 g/mol. The smallest absolute Gasteiger partial charge is 0.115 e. The Morgan fingerprint density at radius 2 is 1.93 bits per heavy atom. The molecule has 2 heteroatoms. The van der Waals surface area contributed by atoms with E-state index in [9.17, 15) is 5.11 Å². The predicted molar refractivity (Wildman–Crippen MR) is 59.6 cm³/mol. The van der Waals surface area contributed by atoms with E-state index in [1.807, 2.05) is 12.1 Å². The van der Waals surface area contributed by atoms with Crippen LogP contribution in [0.1, 0.15) is 19.4 Å². The highest BCUT2D eigenvalue weighted by atomic mass is 16.3. The molecule has 0 aliphatic carbocycles. The summed E-state index contributed by atoms with van der Waals surface area (Å²) >= 11 is 0. The van der Waals surface area contributed by atoms with Crippen molar-refractivity contribution in [2.24, 2.45) is 0 Å². The van der Waals surface area contributed by atoms with E-state index < -0.39 is 0 Å². The lowest BCUT2D eigenvalue weighted by atomic mass is 10.1. The summed E-state index contributed by atoms with van der Waals surface area (Å²) in [4.78, 5) is 2.38. The van der Waals surface area contributed by atoms with Gasteiger partial charge in [-0.1, -0.05) is 26.0 Å². The minimum absolute atomic E-state index is 0.363. The molecule has 1 aromatic carbocycles. The van der Waals surface area contributed by atoms with Crippen LogP contribution in [0.3, 0.4) is 0 Å². The van der Waals surface area contributed by atoms with Crippen LogP contribution in [-0.2, 0) is 6.42 Å². The van der Waals surface area contributed by atoms with E-state index in [0.29, 0.717) is 5.75 Å². The number of phenols is 1. The van der Waals surface area contributed by atoms with Gasteiger partial charge in [0.05, 0.1) is 0 Å². The first-order valence-electron chi connectivity index (χ1n) is 5.26. The molecule has 0 aliphatic heterocycles. The summed E-state index contributed by atoms with van der Waals surface area (Å²) in [6.45, 7) is 7.60. The number of hydrogen-bond donors (Lipinski definition) is 1. The van der Waals surface area contributed by atoms with Crippen molar-refractivity contribution in [1.29, 1.82) is 0 Å². The molecule has 78 valence electrons. The van der Waals surface area contributed by atoms with Crippen molar-refractivity contribution in [3.63, 3.8) is 0 Å². The zero-order valence-corrected chi connectivity index (χ0v) is 9.03. The number of likely N-dealkylation sites (N-methyl/N-ethyl adjacent to an activating group) is 1. The quantitative estimate of drug-likeness (QED) is 0.775. The first-order chi connectivity index (χ1) is 6.76. The van der Waals surface area contributed by atoms with Gasteiger partial charge in [-0.15, -0.1) is 0 Å². The predicted octanol–water partition coefficient (Wildman–Crippen LogP) is 2.28. The molecule has 0 saturated heterocycles. The first kappa shape index (κ1) is 11.1. The summed E-state index contributed by atoms with van der Waals surface area (Å²) in [6.07, 6.45) is 1.01. The number of aromatic hydroxyl groups is 1. The zero-order chi connectivity index (χ0) is 10.4. The van der Waals surface area contributed by atoms with Crippen molar-refractivity contribution in [3.05, 3.63) is 29.8 Å². The molecule has 1 aromatic rings. The van der Waals surface area contributed by atoms with Gasteiger partial charge < -0.3 is 10.0 Å². The lowest BCUT2D eigenvalue weighted by Crippen LogP contribution is -2.25. The van der Waals surface area contributed by atoms with Gasteiger partial charge in [0.15, 0.2) is 0 Å². The van der Waals surface area contributed by atoms with Gasteiger partial charge in [-0.25, -0.2) is 0 Å². The molecule has 0 aliphatic rings. The van der Waals surface area contributed by atoms with Gasteiger partial charge in [0, 0.05) is 6.54 Å². The first-order valence-corrected chi connectivity index (χ1v) is 5.26. The minimum Gasteiger partial charge on any atom is -0.508 e. The molecule has 0 amide bonds. The normalized spacial score (nSPS) is 10.8. The Labute approximate surface area is 86.2 Å². The highest BCUT2D eigenvalue weighted by molar-refractivity contribution is 5.27. The summed E-state index contributed by atoms with van der Waals surface area (Å²) in [5.41, 5.74) is 1.21. The number of phenolic OH excluding ortho intramolecular Hbond substituents is 1. The maximum atomic E-state index is 9.28. The number of rotatable bonds is 5. The molecular formula is C12H19NO. The van der Waals surface area contributed by atoms with E-state index in [-0.39, 0.29) is 0 Å². The fourth-order valence-corrected chi connectivity index (χ4v) is 1.54. The van der Waals surface area contributed by atoms with Crippen molar-refractivity contribution in [1.82, 2.24) is 4.90 Å². The molecule has 2 nitrogen and oxygen atoms in total. The Morgan fingerprint density at radius 1 is 1.21 bits per heavy atom. The number of benzene rings is 1. The molecule has 0 bridgehead atoms. The fourth-order valence-electron chi connectivity index (χ4n) is 1.54. The summed E-state index contributed by atoms with van der Waals surface area (Å²) in [5.74, 6) is 0.363. The molecule has 0 aromatic heterocycles. The summed E-state index contributed by atoms with van der Waals surface area (Å²) < 4.78 is 0. The summed E-state index contributed by atoms with van der Waals surface area (Å²) in [7, 11) is 0. The van der Waals surface area contributed by atoms with E-state index in [4.69, 9.17) is 0 Å². The Hall–Kier alpha value is -1.02. The second kappa shape index (κ2) is 5.66. The molecule has 0 unspecified atom stereocenters. The van der Waals surface area contributed by atoms with E-state index in [2.05, 4.69) is 24.8 Å². The van der Waals surface area contributed by atoms with Crippen molar-refractivity contribution in [3.8, 4) is 5.75 Å². The van der Waals surface area contributed by atoms with Crippen molar-refractivity contribution < 1.29 is 5.11 Å². The third-order valence-corrected chi connectivity index (χ3v) is 2.52. The van der Waals surface area contributed by atoms with Crippen LogP contribution in [-0.4, -0.2) is 29.6 Å². The largest absolute Gasteiger partial charge is 0.508 e. The van der Waals surface area contributed by atoms with Crippen LogP contribution in [0.25, 0.3) is 0 Å². The SMILES string of the molecule is CCN(CC)CCc1cccc(O)c1. The van der Waals surface area contributed by atoms with Crippen molar-refractivity contribution in [2.45, 2.75) is 20.3 Å². The average Bonchev–Trinajstić information content (AvgIpc) is 2.19. The second-order valence-corrected chi connectivity index (χ2v) is 3.45. The maximum Gasteiger partial charge on any atom is 0.115 e. The molecule has 1 N–H and O–H groups in total. The summed E-state index contributed by atoms with van der Waals surface area (Å²) in [5, 5.41) is 9.28. The highest BCUT2D eigenvalue weighted by Crippen LogP contribution is 2.11. The van der Waals surface area contributed by atoms with Crippen LogP contribution >= 0.6 is 0 Å². The van der Waals surface area contributed by atoms with Gasteiger partial charge in [0.25, 0.3) is 0 Å². The molecule has 0 fully saturated rings. The molecule has 1 rings (SSSR count). The van der Waals surface area contributed by atoms with Crippen LogP contribution in [0.15, 0.2) is 24.3 Å². The zero-order valence-electron chi connectivity index (χ0n) is 9.03. The van der Waals surface area contributed by atoms with Crippen LogP contribution in [0.2, 0.25) is 0 Å². The Balaban J connectivity index is 2.44. The molecule has 0 atom stereocenters. The van der Waals surface area contributed by atoms with Gasteiger partial charge in [-0.2, -0.15) is 0 Å². The molecule has 0 heterocycles.